The summed E-state index contributed by atoms with van der Waals surface area (Å²) in [6.07, 6.45) is 7.82. The summed E-state index contributed by atoms with van der Waals surface area (Å²) < 4.78 is 2.39. The number of hydrogen-bond acceptors (Lipinski definition) is 2. The maximum absolute atomic E-state index is 4.54. The molecule has 0 unspecified atom stereocenters. The van der Waals surface area contributed by atoms with E-state index in [2.05, 4.69) is 130 Å². The number of aromatic nitrogens is 3. The molecule has 4 heterocycles. The molecule has 4 heteroatoms. The molecule has 8 aromatic rings. The van der Waals surface area contributed by atoms with Crippen LogP contribution >= 0.6 is 0 Å². The summed E-state index contributed by atoms with van der Waals surface area (Å²) >= 11 is 0. The number of pyridine rings is 2. The molecule has 0 fully saturated rings. The van der Waals surface area contributed by atoms with E-state index in [9.17, 15) is 0 Å². The van der Waals surface area contributed by atoms with Gasteiger partial charge in [-0.05, 0) is 32.9 Å². The molecule has 0 saturated heterocycles. The second kappa shape index (κ2) is 8.10. The van der Waals surface area contributed by atoms with Gasteiger partial charge in [0, 0.05) is 46.3 Å². The van der Waals surface area contributed by atoms with Crippen LogP contribution in [0, 0.1) is 0 Å². The van der Waals surface area contributed by atoms with Crippen molar-refractivity contribution in [3.8, 4) is 0 Å². The molecule has 0 aliphatic carbocycles. The largest absolute Gasteiger partial charge is 0.308 e. The molecule has 178 valence electrons. The van der Waals surface area contributed by atoms with Crippen molar-refractivity contribution < 1.29 is 0 Å². The molecule has 0 bridgehead atoms. The van der Waals surface area contributed by atoms with Gasteiger partial charge in [-0.1, -0.05) is 103 Å². The summed E-state index contributed by atoms with van der Waals surface area (Å²) in [6, 6.07) is 42.5. The van der Waals surface area contributed by atoms with Gasteiger partial charge in [-0.2, -0.15) is 0 Å². The Bertz CT molecular complexity index is 1890. The van der Waals surface area contributed by atoms with E-state index in [0.717, 1.165) is 0 Å². The van der Waals surface area contributed by atoms with Crippen molar-refractivity contribution in [2.75, 3.05) is 0 Å². The summed E-state index contributed by atoms with van der Waals surface area (Å²) in [5, 5.41) is 10.3. The lowest BCUT2D eigenvalue weighted by Gasteiger charge is -2.34. The van der Waals surface area contributed by atoms with E-state index in [1.807, 2.05) is 24.8 Å². The number of hydrogen-bond donors (Lipinski definition) is 0. The first-order valence-electron chi connectivity index (χ1n) is 12.9. The summed E-state index contributed by atoms with van der Waals surface area (Å²) in [5.41, 5.74) is 3.62. The average Bonchev–Trinajstić information content (AvgIpc) is 3.51. The van der Waals surface area contributed by atoms with E-state index >= 15 is 0 Å². The lowest BCUT2D eigenvalue weighted by Crippen LogP contribution is -2.74. The van der Waals surface area contributed by atoms with Crippen LogP contribution in [0.5, 0.6) is 0 Å². The zero-order chi connectivity index (χ0) is 25.1. The Balaban J connectivity index is 1.62. The first-order chi connectivity index (χ1) is 18.9. The van der Waals surface area contributed by atoms with Crippen molar-refractivity contribution in [2.45, 2.75) is 0 Å². The van der Waals surface area contributed by atoms with Crippen LogP contribution < -0.4 is 20.7 Å². The Morgan fingerprint density at radius 2 is 0.868 bits per heavy atom. The monoisotopic (exact) mass is 501 g/mol. The molecule has 0 N–H and O–H groups in total. The minimum atomic E-state index is -2.67. The maximum Gasteiger partial charge on any atom is 0.179 e. The molecule has 38 heavy (non-hydrogen) atoms. The van der Waals surface area contributed by atoms with E-state index in [-0.39, 0.29) is 0 Å². The van der Waals surface area contributed by atoms with Crippen molar-refractivity contribution in [1.29, 1.82) is 0 Å². The molecule has 0 radical (unpaired) electrons. The molecule has 8 rings (SSSR count). The van der Waals surface area contributed by atoms with E-state index < -0.39 is 8.07 Å². The first kappa shape index (κ1) is 21.3. The second-order valence-electron chi connectivity index (χ2n) is 9.89. The third kappa shape index (κ3) is 2.78. The smallest absolute Gasteiger partial charge is 0.179 e. The maximum atomic E-state index is 4.54. The van der Waals surface area contributed by atoms with Crippen LogP contribution in [0.4, 0.5) is 0 Å². The van der Waals surface area contributed by atoms with Gasteiger partial charge in [0.15, 0.2) is 8.07 Å². The predicted molar refractivity (Wildman–Crippen MR) is 160 cm³/mol. The molecule has 3 nitrogen and oxygen atoms in total. The number of fused-ring (bicyclic) bond motifs is 6. The highest BCUT2D eigenvalue weighted by molar-refractivity contribution is 7.20. The Hall–Kier alpha value is -4.80. The summed E-state index contributed by atoms with van der Waals surface area (Å²) in [4.78, 5) is 9.08. The van der Waals surface area contributed by atoms with Gasteiger partial charge in [0.05, 0.1) is 16.6 Å². The molecule has 0 atom stereocenters. The lowest BCUT2D eigenvalue weighted by atomic mass is 10.1. The van der Waals surface area contributed by atoms with E-state index in [1.54, 1.807) is 0 Å². The van der Waals surface area contributed by atoms with Crippen LogP contribution in [0.1, 0.15) is 0 Å². The van der Waals surface area contributed by atoms with Crippen LogP contribution in [0.25, 0.3) is 38.1 Å². The predicted octanol–water partition coefficient (Wildman–Crippen LogP) is 5.00. The molecular weight excluding hydrogens is 478 g/mol. The fourth-order valence-corrected chi connectivity index (χ4v) is 11.3. The lowest BCUT2D eigenvalue weighted by molar-refractivity contribution is 1.30. The topological polar surface area (TPSA) is 30.2 Å². The summed E-state index contributed by atoms with van der Waals surface area (Å²) in [6.45, 7) is 0. The number of nitrogens with zero attached hydrogens (tertiary/aromatic N) is 3. The zero-order valence-corrected chi connectivity index (χ0v) is 21.6. The standard InChI is InChI=1S/C34H23N3Si/c1-4-10-24(11-5-1)38(25-12-6-2-7-13-25,26-14-8-3-9-15-26)27-20-28-30-22-35-18-16-32(30)37-33-17-19-36-23-31(33)29(21-27)34(28)37/h1-23H. The van der Waals surface area contributed by atoms with Crippen LogP contribution in [0.15, 0.2) is 140 Å². The average molecular weight is 502 g/mol. The van der Waals surface area contributed by atoms with E-state index in [4.69, 9.17) is 0 Å². The van der Waals surface area contributed by atoms with Crippen LogP contribution in [-0.2, 0) is 0 Å². The van der Waals surface area contributed by atoms with E-state index in [0.29, 0.717) is 0 Å². The van der Waals surface area contributed by atoms with Crippen molar-refractivity contribution >= 4 is 66.9 Å². The molecule has 0 aliphatic heterocycles. The summed E-state index contributed by atoms with van der Waals surface area (Å²) in [5.74, 6) is 0. The highest BCUT2D eigenvalue weighted by Crippen LogP contribution is 2.38. The highest BCUT2D eigenvalue weighted by atomic mass is 28.3. The Morgan fingerprint density at radius 3 is 1.29 bits per heavy atom. The highest BCUT2D eigenvalue weighted by Gasteiger charge is 2.42. The minimum absolute atomic E-state index is 1.18. The quantitative estimate of drug-likeness (QED) is 0.251. The van der Waals surface area contributed by atoms with Crippen molar-refractivity contribution in [3.63, 3.8) is 0 Å². The van der Waals surface area contributed by atoms with E-state index in [1.165, 1.54) is 58.8 Å². The molecule has 0 aliphatic rings. The fourth-order valence-electron chi connectivity index (χ4n) is 6.52. The van der Waals surface area contributed by atoms with Gasteiger partial charge in [-0.15, -0.1) is 0 Å². The number of benzene rings is 4. The molecule has 4 aromatic carbocycles. The molecule has 0 saturated carbocycles. The number of rotatable bonds is 4. The molecule has 0 spiro atoms. The molecule has 4 aromatic heterocycles. The second-order valence-corrected chi connectivity index (χ2v) is 13.7. The normalized spacial score (nSPS) is 12.2. The van der Waals surface area contributed by atoms with Gasteiger partial charge in [-0.3, -0.25) is 9.97 Å². The zero-order valence-electron chi connectivity index (χ0n) is 20.6. The third-order valence-electron chi connectivity index (χ3n) is 8.05. The molecule has 0 amide bonds. The van der Waals surface area contributed by atoms with Crippen molar-refractivity contribution in [1.82, 2.24) is 14.4 Å². The van der Waals surface area contributed by atoms with Crippen molar-refractivity contribution in [2.24, 2.45) is 0 Å². The fraction of sp³-hybridized carbons (Fsp3) is 0. The van der Waals surface area contributed by atoms with Crippen molar-refractivity contribution in [3.05, 3.63) is 140 Å². The third-order valence-corrected chi connectivity index (χ3v) is 12.8. The summed E-state index contributed by atoms with van der Waals surface area (Å²) in [7, 11) is -2.67. The van der Waals surface area contributed by atoms with Crippen LogP contribution in [-0.4, -0.2) is 22.4 Å². The SMILES string of the molecule is c1ccc([Si](c2ccccc2)(c2ccccc2)c2cc3c4cnccc4n4c5ccncc5c(c2)c34)cc1. The Labute approximate surface area is 221 Å². The van der Waals surface area contributed by atoms with Gasteiger partial charge >= 0.3 is 0 Å². The van der Waals surface area contributed by atoms with Crippen LogP contribution in [0.2, 0.25) is 0 Å². The molecular formula is C34H23N3Si. The van der Waals surface area contributed by atoms with Gasteiger partial charge in [-0.25, -0.2) is 0 Å². The van der Waals surface area contributed by atoms with Gasteiger partial charge < -0.3 is 4.40 Å². The van der Waals surface area contributed by atoms with Crippen LogP contribution in [0.3, 0.4) is 0 Å². The Morgan fingerprint density at radius 1 is 0.447 bits per heavy atom. The first-order valence-corrected chi connectivity index (χ1v) is 14.9. The van der Waals surface area contributed by atoms with Gasteiger partial charge in [0.2, 0.25) is 0 Å². The van der Waals surface area contributed by atoms with Gasteiger partial charge in [0.1, 0.15) is 0 Å². The minimum Gasteiger partial charge on any atom is -0.308 e. The Kier molecular flexibility index (Phi) is 4.54. The van der Waals surface area contributed by atoms with Gasteiger partial charge in [0.25, 0.3) is 0 Å².